The van der Waals surface area contributed by atoms with Crippen molar-refractivity contribution in [2.24, 2.45) is 5.92 Å². The summed E-state index contributed by atoms with van der Waals surface area (Å²) in [6, 6.07) is 21.2. The molecule has 7 nitrogen and oxygen atoms in total. The summed E-state index contributed by atoms with van der Waals surface area (Å²) in [6.07, 6.45) is 5.81. The molecule has 8 heteroatoms. The van der Waals surface area contributed by atoms with E-state index in [1.54, 1.807) is 18.2 Å². The topological polar surface area (TPSA) is 103 Å². The van der Waals surface area contributed by atoms with E-state index in [4.69, 9.17) is 0 Å². The Balaban J connectivity index is 1.49. The number of hydrogen-bond donors (Lipinski definition) is 4. The minimum absolute atomic E-state index is 0.0995. The Morgan fingerprint density at radius 2 is 1.54 bits per heavy atom. The van der Waals surface area contributed by atoms with Gasteiger partial charge in [-0.05, 0) is 40.8 Å². The lowest BCUT2D eigenvalue weighted by molar-refractivity contribution is -0.130. The van der Waals surface area contributed by atoms with Gasteiger partial charge in [0.05, 0.1) is 18.5 Å². The molecule has 0 saturated carbocycles. The molecule has 1 aliphatic rings. The number of aromatic amines is 1. The summed E-state index contributed by atoms with van der Waals surface area (Å²) < 4.78 is 13.6. The van der Waals surface area contributed by atoms with Crippen molar-refractivity contribution >= 4 is 28.6 Å². The summed E-state index contributed by atoms with van der Waals surface area (Å²) in [6.45, 7) is 1.98. The van der Waals surface area contributed by atoms with Crippen molar-refractivity contribution in [3.05, 3.63) is 120 Å². The van der Waals surface area contributed by atoms with Gasteiger partial charge in [0.1, 0.15) is 11.9 Å². The first-order valence-corrected chi connectivity index (χ1v) is 13.8. The van der Waals surface area contributed by atoms with Crippen LogP contribution in [0.1, 0.15) is 48.5 Å². The Morgan fingerprint density at radius 1 is 0.805 bits per heavy atom. The highest BCUT2D eigenvalue weighted by Crippen LogP contribution is 2.25. The average molecular weight is 553 g/mol. The minimum atomic E-state index is -0.878. The molecule has 1 aliphatic heterocycles. The third-order valence-electron chi connectivity index (χ3n) is 7.47. The second-order valence-corrected chi connectivity index (χ2v) is 10.4. The summed E-state index contributed by atoms with van der Waals surface area (Å²) >= 11 is 0. The van der Waals surface area contributed by atoms with Crippen LogP contribution < -0.4 is 16.0 Å². The molecule has 0 bridgehead atoms. The highest BCUT2D eigenvalue weighted by atomic mass is 19.1. The quantitative estimate of drug-likeness (QED) is 0.267. The SMILES string of the molecule is C[C@H]1/C=C/CC(=O)N[C@H](c2ccc(F)cc2)CC(=O)N[C@@H](Cc2c[nH]c3ccccc23)C(=O)N[C@H]1c1ccccc1. The van der Waals surface area contributed by atoms with Gasteiger partial charge in [0.15, 0.2) is 0 Å². The van der Waals surface area contributed by atoms with Gasteiger partial charge in [-0.1, -0.05) is 79.7 Å². The number of para-hydroxylation sites is 1. The predicted octanol–water partition coefficient (Wildman–Crippen LogP) is 5.04. The van der Waals surface area contributed by atoms with Crippen LogP contribution in [-0.2, 0) is 20.8 Å². The number of benzene rings is 3. The summed E-state index contributed by atoms with van der Waals surface area (Å²) in [5, 5.41) is 9.98. The highest BCUT2D eigenvalue weighted by molar-refractivity contribution is 5.90. The first-order valence-electron chi connectivity index (χ1n) is 13.8. The van der Waals surface area contributed by atoms with E-state index in [9.17, 15) is 18.8 Å². The smallest absolute Gasteiger partial charge is 0.243 e. The van der Waals surface area contributed by atoms with Crippen LogP contribution in [0.3, 0.4) is 0 Å². The van der Waals surface area contributed by atoms with Crippen LogP contribution in [0.25, 0.3) is 10.9 Å². The molecule has 0 radical (unpaired) electrons. The summed E-state index contributed by atoms with van der Waals surface area (Å²) in [4.78, 5) is 43.4. The summed E-state index contributed by atoms with van der Waals surface area (Å²) in [7, 11) is 0. The fourth-order valence-corrected chi connectivity index (χ4v) is 5.30. The van der Waals surface area contributed by atoms with E-state index >= 15 is 0 Å². The molecule has 0 spiro atoms. The number of rotatable bonds is 4. The molecule has 0 aliphatic carbocycles. The van der Waals surface area contributed by atoms with Crippen molar-refractivity contribution in [2.45, 2.75) is 44.3 Å². The van der Waals surface area contributed by atoms with Gasteiger partial charge in [0.25, 0.3) is 0 Å². The molecule has 0 saturated heterocycles. The molecular weight excluding hydrogens is 519 g/mol. The van der Waals surface area contributed by atoms with Gasteiger partial charge in [0.2, 0.25) is 17.7 Å². The normalized spacial score (nSPS) is 23.2. The minimum Gasteiger partial charge on any atom is -0.361 e. The number of fused-ring (bicyclic) bond motifs is 1. The molecule has 2 heterocycles. The fourth-order valence-electron chi connectivity index (χ4n) is 5.30. The van der Waals surface area contributed by atoms with E-state index < -0.39 is 23.8 Å². The number of carbonyl (C=O) groups is 3. The molecule has 210 valence electrons. The van der Waals surface area contributed by atoms with E-state index in [1.807, 2.05) is 73.8 Å². The lowest BCUT2D eigenvalue weighted by atomic mass is 9.92. The monoisotopic (exact) mass is 552 g/mol. The number of amides is 3. The standard InChI is InChI=1S/C33H33FN4O3/c1-21-8-7-13-30(39)36-28(22-14-16-25(34)17-15-22)19-31(40)37-29(18-24-20-35-27-12-6-5-11-26(24)27)33(41)38-32(21)23-9-3-2-4-10-23/h2-12,14-17,20-21,28-29,32,35H,13,18-19H2,1H3,(H,36,39)(H,37,40)(H,38,41)/b8-7+/t21-,28-,29-,32+/m0/s1. The third kappa shape index (κ3) is 6.90. The molecule has 4 aromatic rings. The van der Waals surface area contributed by atoms with Gasteiger partial charge in [-0.15, -0.1) is 0 Å². The number of H-pyrrole nitrogens is 1. The molecule has 4 N–H and O–H groups in total. The maximum atomic E-state index is 13.9. The molecular formula is C33H33FN4O3. The van der Waals surface area contributed by atoms with Crippen molar-refractivity contribution in [3.8, 4) is 0 Å². The highest BCUT2D eigenvalue weighted by Gasteiger charge is 2.29. The van der Waals surface area contributed by atoms with Crippen LogP contribution >= 0.6 is 0 Å². The summed E-state index contributed by atoms with van der Waals surface area (Å²) in [5.74, 6) is -1.53. The third-order valence-corrected chi connectivity index (χ3v) is 7.47. The largest absolute Gasteiger partial charge is 0.361 e. The zero-order valence-electron chi connectivity index (χ0n) is 22.8. The van der Waals surface area contributed by atoms with Crippen LogP contribution in [0.15, 0.2) is 97.2 Å². The molecule has 0 fully saturated rings. The van der Waals surface area contributed by atoms with Crippen molar-refractivity contribution in [2.75, 3.05) is 0 Å². The van der Waals surface area contributed by atoms with Crippen molar-refractivity contribution in [3.63, 3.8) is 0 Å². The van der Waals surface area contributed by atoms with E-state index in [0.29, 0.717) is 5.56 Å². The van der Waals surface area contributed by atoms with E-state index in [0.717, 1.165) is 22.0 Å². The van der Waals surface area contributed by atoms with E-state index in [2.05, 4.69) is 20.9 Å². The average Bonchev–Trinajstić information content (AvgIpc) is 3.38. The van der Waals surface area contributed by atoms with Gasteiger partial charge in [-0.2, -0.15) is 0 Å². The first kappa shape index (κ1) is 27.8. The Hall–Kier alpha value is -4.72. The van der Waals surface area contributed by atoms with Crippen molar-refractivity contribution in [1.82, 2.24) is 20.9 Å². The van der Waals surface area contributed by atoms with Gasteiger partial charge >= 0.3 is 0 Å². The maximum Gasteiger partial charge on any atom is 0.243 e. The van der Waals surface area contributed by atoms with Crippen molar-refractivity contribution < 1.29 is 18.8 Å². The first-order chi connectivity index (χ1) is 19.9. The number of aromatic nitrogens is 1. The lowest BCUT2D eigenvalue weighted by Crippen LogP contribution is -2.50. The van der Waals surface area contributed by atoms with Crippen LogP contribution in [0.4, 0.5) is 4.39 Å². The Bertz CT molecular complexity index is 1550. The fraction of sp³-hybridized carbons (Fsp3) is 0.242. The second-order valence-electron chi connectivity index (χ2n) is 10.4. The van der Waals surface area contributed by atoms with Crippen LogP contribution in [0.5, 0.6) is 0 Å². The van der Waals surface area contributed by atoms with Crippen LogP contribution in [0, 0.1) is 11.7 Å². The number of halogens is 1. The molecule has 1 aromatic heterocycles. The molecule has 41 heavy (non-hydrogen) atoms. The maximum absolute atomic E-state index is 13.9. The molecule has 3 amide bonds. The van der Waals surface area contributed by atoms with E-state index in [-0.39, 0.29) is 43.0 Å². The number of carbonyl (C=O) groups excluding carboxylic acids is 3. The molecule has 0 unspecified atom stereocenters. The van der Waals surface area contributed by atoms with Gasteiger partial charge in [0, 0.05) is 29.9 Å². The zero-order chi connectivity index (χ0) is 28.8. The van der Waals surface area contributed by atoms with Gasteiger partial charge in [-0.3, -0.25) is 14.4 Å². The molecule has 5 rings (SSSR count). The summed E-state index contributed by atoms with van der Waals surface area (Å²) in [5.41, 5.74) is 3.36. The predicted molar refractivity (Wildman–Crippen MR) is 156 cm³/mol. The van der Waals surface area contributed by atoms with Gasteiger partial charge in [-0.25, -0.2) is 4.39 Å². The molecule has 3 aromatic carbocycles. The number of nitrogens with one attached hydrogen (secondary N) is 4. The lowest BCUT2D eigenvalue weighted by Gasteiger charge is -2.28. The van der Waals surface area contributed by atoms with Crippen LogP contribution in [0.2, 0.25) is 0 Å². The zero-order valence-corrected chi connectivity index (χ0v) is 22.8. The Kier molecular flexibility index (Phi) is 8.58. The Morgan fingerprint density at radius 3 is 2.32 bits per heavy atom. The second kappa shape index (κ2) is 12.6. The van der Waals surface area contributed by atoms with Crippen LogP contribution in [-0.4, -0.2) is 28.7 Å². The van der Waals surface area contributed by atoms with E-state index in [1.165, 1.54) is 12.1 Å². The Labute approximate surface area is 238 Å². The van der Waals surface area contributed by atoms with Gasteiger partial charge < -0.3 is 20.9 Å². The number of hydrogen-bond acceptors (Lipinski definition) is 3. The van der Waals surface area contributed by atoms with Crippen molar-refractivity contribution in [1.29, 1.82) is 0 Å². The molecule has 4 atom stereocenters.